The average molecular weight is 431 g/mol. The second-order valence-electron chi connectivity index (χ2n) is 7.09. The van der Waals surface area contributed by atoms with Crippen LogP contribution in [-0.2, 0) is 6.30 Å². The zero-order valence-corrected chi connectivity index (χ0v) is 16.4. The first kappa shape index (κ1) is 19.3. The lowest BCUT2D eigenvalue weighted by atomic mass is 10.1. The third-order valence-electron chi connectivity index (χ3n) is 5.25. The highest BCUT2D eigenvalue weighted by Gasteiger charge is 2.43. The molecule has 0 spiro atoms. The smallest absolute Gasteiger partial charge is 0.480 e. The van der Waals surface area contributed by atoms with E-state index in [2.05, 4.69) is 25.1 Å². The fourth-order valence-corrected chi connectivity index (χ4v) is 3.70. The summed E-state index contributed by atoms with van der Waals surface area (Å²) in [4.78, 5) is 12.7. The lowest BCUT2D eigenvalue weighted by molar-refractivity contribution is -0.212. The summed E-state index contributed by atoms with van der Waals surface area (Å²) in [5.41, 5.74) is 3.17. The Morgan fingerprint density at radius 1 is 1.10 bits per heavy atom. The highest BCUT2D eigenvalue weighted by atomic mass is 19.4. The molecular formula is C19H16F3N7O2. The molecule has 160 valence electrons. The minimum atomic E-state index is -4.53. The van der Waals surface area contributed by atoms with Gasteiger partial charge in [0.2, 0.25) is 5.88 Å². The fourth-order valence-electron chi connectivity index (χ4n) is 3.70. The van der Waals surface area contributed by atoms with E-state index in [-0.39, 0.29) is 22.5 Å². The molecule has 4 aromatic rings. The molecule has 12 heteroatoms. The lowest BCUT2D eigenvalue weighted by Gasteiger charge is -2.10. The van der Waals surface area contributed by atoms with Gasteiger partial charge in [-0.1, -0.05) is 0 Å². The maximum absolute atomic E-state index is 12.9. The van der Waals surface area contributed by atoms with Crippen LogP contribution in [0.25, 0.3) is 16.9 Å². The fraction of sp³-hybridized carbons (Fsp3) is 0.316. The Bertz CT molecular complexity index is 1270. The molecule has 0 bridgehead atoms. The van der Waals surface area contributed by atoms with Gasteiger partial charge < -0.3 is 9.47 Å². The molecule has 4 heterocycles. The molecule has 0 amide bonds. The number of fused-ring (bicyclic) bond motifs is 1. The van der Waals surface area contributed by atoms with Crippen molar-refractivity contribution in [2.45, 2.75) is 24.6 Å². The molecule has 5 rings (SSSR count). The van der Waals surface area contributed by atoms with Crippen molar-refractivity contribution in [1.82, 2.24) is 34.3 Å². The summed E-state index contributed by atoms with van der Waals surface area (Å²) in [6, 6.07) is 2.02. The van der Waals surface area contributed by atoms with Gasteiger partial charge in [0.15, 0.2) is 5.65 Å². The Balaban J connectivity index is 1.54. The highest BCUT2D eigenvalue weighted by Crippen LogP contribution is 2.55. The van der Waals surface area contributed by atoms with Crippen LogP contribution in [0.15, 0.2) is 37.1 Å². The number of alkyl halides is 3. The van der Waals surface area contributed by atoms with Gasteiger partial charge in [0.25, 0.3) is 0 Å². The minimum absolute atomic E-state index is 0.0114. The Kier molecular flexibility index (Phi) is 4.31. The van der Waals surface area contributed by atoms with Crippen molar-refractivity contribution < 1.29 is 22.6 Å². The second-order valence-corrected chi connectivity index (χ2v) is 7.09. The predicted octanol–water partition coefficient (Wildman–Crippen LogP) is 3.15. The van der Waals surface area contributed by atoms with Crippen LogP contribution in [0, 0.1) is 0 Å². The lowest BCUT2D eigenvalue weighted by Crippen LogP contribution is -2.16. The van der Waals surface area contributed by atoms with Gasteiger partial charge in [-0.3, -0.25) is 0 Å². The zero-order chi connectivity index (χ0) is 21.8. The van der Waals surface area contributed by atoms with Crippen molar-refractivity contribution in [2.24, 2.45) is 0 Å². The van der Waals surface area contributed by atoms with Crippen LogP contribution in [-0.4, -0.2) is 48.6 Å². The van der Waals surface area contributed by atoms with E-state index >= 15 is 0 Å². The third kappa shape index (κ3) is 3.33. The van der Waals surface area contributed by atoms with E-state index in [0.29, 0.717) is 34.8 Å². The van der Waals surface area contributed by atoms with E-state index < -0.39 is 6.30 Å². The Labute approximate surface area is 173 Å². The molecule has 1 saturated carbocycles. The molecule has 0 aliphatic heterocycles. The highest BCUT2D eigenvalue weighted by molar-refractivity contribution is 5.68. The van der Waals surface area contributed by atoms with Crippen LogP contribution in [0.2, 0.25) is 0 Å². The molecule has 1 aliphatic rings. The van der Waals surface area contributed by atoms with Crippen LogP contribution in [0.1, 0.15) is 29.4 Å². The first-order valence-electron chi connectivity index (χ1n) is 9.30. The second kappa shape index (κ2) is 6.93. The summed E-state index contributed by atoms with van der Waals surface area (Å²) in [5.74, 6) is 0.201. The Morgan fingerprint density at radius 3 is 2.65 bits per heavy atom. The van der Waals surface area contributed by atoms with Gasteiger partial charge in [-0.25, -0.2) is 14.5 Å². The SMILES string of the molecule is COc1ncc(-c2cc([C@H]3C[C@@H]3c3cnn(C(F)(F)F)c3)c3nccn3n2)c(OC)n1. The molecule has 9 nitrogen and oxygen atoms in total. The topological polar surface area (TPSA) is 92.3 Å². The zero-order valence-electron chi connectivity index (χ0n) is 16.4. The number of imidazole rings is 1. The minimum Gasteiger partial charge on any atom is -0.480 e. The van der Waals surface area contributed by atoms with E-state index in [1.54, 1.807) is 23.1 Å². The summed E-state index contributed by atoms with van der Waals surface area (Å²) in [7, 11) is 2.94. The third-order valence-corrected chi connectivity index (χ3v) is 5.25. The molecule has 1 fully saturated rings. The van der Waals surface area contributed by atoms with Crippen molar-refractivity contribution >= 4 is 5.65 Å². The van der Waals surface area contributed by atoms with E-state index in [4.69, 9.17) is 9.47 Å². The number of hydrogen-bond acceptors (Lipinski definition) is 7. The van der Waals surface area contributed by atoms with Gasteiger partial charge in [0, 0.05) is 30.4 Å². The molecule has 0 saturated heterocycles. The molecule has 2 atom stereocenters. The van der Waals surface area contributed by atoms with Crippen molar-refractivity contribution in [3.8, 4) is 23.1 Å². The number of hydrogen-bond donors (Lipinski definition) is 0. The standard InChI is InChI=1S/C19H16F3N7O2/c1-30-17-14(8-24-18(26-17)31-2)15-6-13(16-23-3-4-28(16)27-15)12-5-11(12)10-7-25-29(9-10)19(20,21)22/h3-4,6-9,11-12H,5H2,1-2H3/t11-,12+/m1/s1. The number of methoxy groups -OCH3 is 2. The Hall–Kier alpha value is -3.70. The van der Waals surface area contributed by atoms with Gasteiger partial charge >= 0.3 is 12.3 Å². The number of aromatic nitrogens is 7. The van der Waals surface area contributed by atoms with E-state index in [9.17, 15) is 13.2 Å². The summed E-state index contributed by atoms with van der Waals surface area (Å²) >= 11 is 0. The van der Waals surface area contributed by atoms with E-state index in [0.717, 1.165) is 11.8 Å². The first-order valence-corrected chi connectivity index (χ1v) is 9.30. The van der Waals surface area contributed by atoms with Crippen molar-refractivity contribution in [1.29, 1.82) is 0 Å². The Morgan fingerprint density at radius 2 is 1.94 bits per heavy atom. The van der Waals surface area contributed by atoms with Gasteiger partial charge in [-0.05, 0) is 29.9 Å². The quantitative estimate of drug-likeness (QED) is 0.479. The molecule has 31 heavy (non-hydrogen) atoms. The molecule has 1 aliphatic carbocycles. The largest absolute Gasteiger partial charge is 0.504 e. The average Bonchev–Trinajstić information content (AvgIpc) is 3.15. The van der Waals surface area contributed by atoms with Crippen molar-refractivity contribution in [3.05, 3.63) is 48.2 Å². The molecule has 4 aromatic heterocycles. The number of nitrogens with zero attached hydrogens (tertiary/aromatic N) is 7. The molecule has 0 radical (unpaired) electrons. The number of rotatable bonds is 5. The maximum Gasteiger partial charge on any atom is 0.504 e. The van der Waals surface area contributed by atoms with Gasteiger partial charge in [0.05, 0.1) is 31.7 Å². The van der Waals surface area contributed by atoms with Crippen LogP contribution >= 0.6 is 0 Å². The maximum atomic E-state index is 12.9. The van der Waals surface area contributed by atoms with Gasteiger partial charge in [-0.2, -0.15) is 19.9 Å². The van der Waals surface area contributed by atoms with Crippen molar-refractivity contribution in [2.75, 3.05) is 14.2 Å². The molecular weight excluding hydrogens is 415 g/mol. The van der Waals surface area contributed by atoms with Crippen molar-refractivity contribution in [3.63, 3.8) is 0 Å². The summed E-state index contributed by atoms with van der Waals surface area (Å²) in [6.45, 7) is 0. The number of ether oxygens (including phenoxy) is 2. The van der Waals surface area contributed by atoms with Crippen LogP contribution in [0.3, 0.4) is 0 Å². The predicted molar refractivity (Wildman–Crippen MR) is 101 cm³/mol. The molecule has 0 N–H and O–H groups in total. The molecule has 0 aromatic carbocycles. The monoisotopic (exact) mass is 431 g/mol. The summed E-state index contributed by atoms with van der Waals surface area (Å²) in [6.07, 6.45) is 3.34. The van der Waals surface area contributed by atoms with Crippen LogP contribution < -0.4 is 9.47 Å². The van der Waals surface area contributed by atoms with Crippen LogP contribution in [0.5, 0.6) is 11.9 Å². The number of halogens is 3. The molecule has 0 unspecified atom stereocenters. The normalized spacial score (nSPS) is 18.4. The summed E-state index contributed by atoms with van der Waals surface area (Å²) in [5, 5.41) is 8.01. The van der Waals surface area contributed by atoms with Crippen LogP contribution in [0.4, 0.5) is 13.2 Å². The van der Waals surface area contributed by atoms with Gasteiger partial charge in [-0.15, -0.1) is 13.2 Å². The van der Waals surface area contributed by atoms with E-state index in [1.165, 1.54) is 20.4 Å². The summed E-state index contributed by atoms with van der Waals surface area (Å²) < 4.78 is 50.7. The van der Waals surface area contributed by atoms with E-state index in [1.807, 2.05) is 6.07 Å². The first-order chi connectivity index (χ1) is 14.9. The van der Waals surface area contributed by atoms with Gasteiger partial charge in [0.1, 0.15) is 0 Å².